The predicted octanol–water partition coefficient (Wildman–Crippen LogP) is 2.17. The van der Waals surface area contributed by atoms with E-state index >= 15 is 0 Å². The smallest absolute Gasteiger partial charge is 0.434 e. The number of hydrogen-bond donors (Lipinski definition) is 0. The van der Waals surface area contributed by atoms with Crippen molar-refractivity contribution in [2.45, 2.75) is 46.3 Å². The Morgan fingerprint density at radius 1 is 1.29 bits per heavy atom. The van der Waals surface area contributed by atoms with E-state index in [0.717, 1.165) is 0 Å². The van der Waals surface area contributed by atoms with E-state index in [-0.39, 0.29) is 25.0 Å². The largest absolute Gasteiger partial charge is 0.508 e. The quantitative estimate of drug-likeness (QED) is 0.390. The molecule has 0 spiro atoms. The fourth-order valence-electron chi connectivity index (χ4n) is 0.830. The summed E-state index contributed by atoms with van der Waals surface area (Å²) in [5, 5.41) is 9.11. The van der Waals surface area contributed by atoms with Gasteiger partial charge in [0.05, 0.1) is 6.61 Å². The van der Waals surface area contributed by atoms with E-state index in [9.17, 15) is 14.9 Å². The summed E-state index contributed by atoms with van der Waals surface area (Å²) in [6.07, 6.45) is -1.36. The monoisotopic (exact) mass is 249 g/mol. The number of hydrogen-bond acceptors (Lipinski definition) is 6. The molecule has 0 aliphatic rings. The average molecular weight is 249 g/mol. The van der Waals surface area contributed by atoms with Gasteiger partial charge in [-0.2, -0.15) is 0 Å². The molecule has 0 aromatic heterocycles. The van der Waals surface area contributed by atoms with Crippen LogP contribution >= 0.6 is 0 Å². The van der Waals surface area contributed by atoms with Gasteiger partial charge >= 0.3 is 6.16 Å². The summed E-state index contributed by atoms with van der Waals surface area (Å²) in [4.78, 5) is 25.4. The molecule has 7 nitrogen and oxygen atoms in total. The van der Waals surface area contributed by atoms with E-state index in [1.54, 1.807) is 6.92 Å². The number of rotatable bonds is 7. The molecule has 0 N–H and O–H groups in total. The van der Waals surface area contributed by atoms with Crippen LogP contribution in [0.15, 0.2) is 0 Å². The Morgan fingerprint density at radius 2 is 1.88 bits per heavy atom. The van der Waals surface area contributed by atoms with Crippen LogP contribution < -0.4 is 0 Å². The summed E-state index contributed by atoms with van der Waals surface area (Å²) >= 11 is 0. The van der Waals surface area contributed by atoms with Gasteiger partial charge in [-0.05, 0) is 19.8 Å². The Hall–Kier alpha value is -1.53. The van der Waals surface area contributed by atoms with E-state index < -0.39 is 17.3 Å². The van der Waals surface area contributed by atoms with Crippen LogP contribution in [0.1, 0.15) is 34.1 Å². The fourth-order valence-corrected chi connectivity index (χ4v) is 0.830. The molecule has 2 unspecified atom stereocenters. The van der Waals surface area contributed by atoms with Crippen molar-refractivity contribution < 1.29 is 24.2 Å². The molecule has 0 heterocycles. The van der Waals surface area contributed by atoms with Crippen LogP contribution in [0.2, 0.25) is 0 Å². The summed E-state index contributed by atoms with van der Waals surface area (Å²) in [5.74, 6) is 0.208. The maximum atomic E-state index is 11.1. The van der Waals surface area contributed by atoms with Crippen molar-refractivity contribution in [3.05, 3.63) is 10.1 Å². The molecule has 100 valence electrons. The second kappa shape index (κ2) is 7.70. The van der Waals surface area contributed by atoms with Crippen molar-refractivity contribution in [2.24, 2.45) is 5.92 Å². The van der Waals surface area contributed by atoms with Crippen molar-refractivity contribution in [1.29, 1.82) is 0 Å². The zero-order valence-electron chi connectivity index (χ0n) is 10.5. The van der Waals surface area contributed by atoms with Gasteiger partial charge in [0.2, 0.25) is 0 Å². The molecule has 2 atom stereocenters. The molecular weight excluding hydrogens is 230 g/mol. The van der Waals surface area contributed by atoms with Crippen LogP contribution in [0.3, 0.4) is 0 Å². The minimum Gasteiger partial charge on any atom is -0.434 e. The first kappa shape index (κ1) is 15.5. The molecule has 0 amide bonds. The maximum absolute atomic E-state index is 11.1. The van der Waals surface area contributed by atoms with Gasteiger partial charge in [-0.1, -0.05) is 13.8 Å². The number of nitrogens with zero attached hydrogens (tertiary/aromatic N) is 1. The highest BCUT2D eigenvalue weighted by atomic mass is 17.0. The van der Waals surface area contributed by atoms with Gasteiger partial charge in [0, 0.05) is 6.42 Å². The first-order valence-corrected chi connectivity index (χ1v) is 5.47. The van der Waals surface area contributed by atoms with E-state index in [1.807, 2.05) is 13.8 Å². The van der Waals surface area contributed by atoms with Crippen molar-refractivity contribution in [3.63, 3.8) is 0 Å². The van der Waals surface area contributed by atoms with Crippen molar-refractivity contribution in [3.8, 4) is 0 Å². The minimum atomic E-state index is -0.871. The van der Waals surface area contributed by atoms with Crippen LogP contribution in [0, 0.1) is 16.0 Å². The SMILES string of the molecule is CC(CCOC(=O)OC(C)C(C)C)O[N+](=O)[O-]. The second-order valence-electron chi connectivity index (χ2n) is 4.09. The topological polar surface area (TPSA) is 87.9 Å². The van der Waals surface area contributed by atoms with Gasteiger partial charge in [-0.3, -0.25) is 0 Å². The molecule has 0 aliphatic heterocycles. The normalized spacial score (nSPS) is 13.9. The van der Waals surface area contributed by atoms with Crippen LogP contribution in [0.25, 0.3) is 0 Å². The fraction of sp³-hybridized carbons (Fsp3) is 0.900. The van der Waals surface area contributed by atoms with Crippen LogP contribution in [-0.4, -0.2) is 30.1 Å². The lowest BCUT2D eigenvalue weighted by Gasteiger charge is -2.16. The standard InChI is InChI=1S/C10H19NO6/c1-7(2)9(4)16-10(12)15-6-5-8(3)17-11(13)14/h7-9H,5-6H2,1-4H3. The van der Waals surface area contributed by atoms with Crippen LogP contribution in [0.5, 0.6) is 0 Å². The van der Waals surface area contributed by atoms with E-state index in [4.69, 9.17) is 9.47 Å². The molecule has 0 aromatic rings. The first-order chi connectivity index (χ1) is 7.82. The molecule has 0 saturated carbocycles. The van der Waals surface area contributed by atoms with Crippen molar-refractivity contribution in [2.75, 3.05) is 6.61 Å². The van der Waals surface area contributed by atoms with Gasteiger partial charge in [-0.15, -0.1) is 10.1 Å². The molecular formula is C10H19NO6. The molecule has 0 bridgehead atoms. The Balaban J connectivity index is 3.67. The first-order valence-electron chi connectivity index (χ1n) is 5.47. The van der Waals surface area contributed by atoms with E-state index in [0.29, 0.717) is 0 Å². The molecule has 17 heavy (non-hydrogen) atoms. The van der Waals surface area contributed by atoms with Crippen molar-refractivity contribution >= 4 is 6.16 Å². The van der Waals surface area contributed by atoms with Crippen LogP contribution in [0.4, 0.5) is 4.79 Å². The number of carbonyl (C=O) groups excluding carboxylic acids is 1. The highest BCUT2D eigenvalue weighted by Gasteiger charge is 2.14. The van der Waals surface area contributed by atoms with Gasteiger partial charge in [0.15, 0.2) is 0 Å². The highest BCUT2D eigenvalue weighted by molar-refractivity contribution is 5.60. The second-order valence-corrected chi connectivity index (χ2v) is 4.09. The van der Waals surface area contributed by atoms with Crippen molar-refractivity contribution in [1.82, 2.24) is 0 Å². The Labute approximate surface area is 100 Å². The molecule has 0 radical (unpaired) electrons. The third-order valence-corrected chi connectivity index (χ3v) is 2.23. The third-order valence-electron chi connectivity index (χ3n) is 2.23. The third kappa shape index (κ3) is 8.29. The molecule has 7 heteroatoms. The Morgan fingerprint density at radius 3 is 2.35 bits per heavy atom. The van der Waals surface area contributed by atoms with Gasteiger partial charge < -0.3 is 14.3 Å². The molecule has 0 aliphatic carbocycles. The van der Waals surface area contributed by atoms with E-state index in [2.05, 4.69) is 4.84 Å². The molecule has 0 saturated heterocycles. The number of carbonyl (C=O) groups is 1. The predicted molar refractivity (Wildman–Crippen MR) is 58.9 cm³/mol. The minimum absolute atomic E-state index is 0.0264. The lowest BCUT2D eigenvalue weighted by molar-refractivity contribution is -0.767. The average Bonchev–Trinajstić information content (AvgIpc) is 2.15. The van der Waals surface area contributed by atoms with Gasteiger partial charge in [0.25, 0.3) is 5.09 Å². The lowest BCUT2D eigenvalue weighted by Crippen LogP contribution is -2.22. The zero-order chi connectivity index (χ0) is 13.4. The summed E-state index contributed by atoms with van der Waals surface area (Å²) in [5.41, 5.74) is 0. The molecule has 0 rings (SSSR count). The summed E-state index contributed by atoms with van der Waals surface area (Å²) < 4.78 is 9.69. The summed E-state index contributed by atoms with van der Waals surface area (Å²) in [6.45, 7) is 7.16. The summed E-state index contributed by atoms with van der Waals surface area (Å²) in [7, 11) is 0. The maximum Gasteiger partial charge on any atom is 0.508 e. The zero-order valence-corrected chi connectivity index (χ0v) is 10.5. The Bertz CT molecular complexity index is 255. The highest BCUT2D eigenvalue weighted by Crippen LogP contribution is 2.07. The Kier molecular flexibility index (Phi) is 7.00. The molecule has 0 fully saturated rings. The van der Waals surface area contributed by atoms with Gasteiger partial charge in [0.1, 0.15) is 12.2 Å². The summed E-state index contributed by atoms with van der Waals surface area (Å²) in [6, 6.07) is 0. The van der Waals surface area contributed by atoms with E-state index in [1.165, 1.54) is 6.92 Å². The lowest BCUT2D eigenvalue weighted by atomic mass is 10.1. The molecule has 0 aromatic carbocycles. The number of ether oxygens (including phenoxy) is 2. The van der Waals surface area contributed by atoms with Crippen LogP contribution in [-0.2, 0) is 14.3 Å². The van der Waals surface area contributed by atoms with Gasteiger partial charge in [-0.25, -0.2) is 4.79 Å².